The van der Waals surface area contributed by atoms with Crippen LogP contribution in [0, 0.1) is 20.8 Å². The molecule has 1 N–H and O–H groups in total. The van der Waals surface area contributed by atoms with Gasteiger partial charge in [-0.2, -0.15) is 0 Å². The van der Waals surface area contributed by atoms with Crippen molar-refractivity contribution in [3.8, 4) is 0 Å². The van der Waals surface area contributed by atoms with Gasteiger partial charge in [-0.25, -0.2) is 4.98 Å². The topological polar surface area (TPSA) is 46.9 Å². The summed E-state index contributed by atoms with van der Waals surface area (Å²) in [5.74, 6) is 0.454. The minimum atomic E-state index is -0.119. The first kappa shape index (κ1) is 15.5. The first-order chi connectivity index (χ1) is 11.0. The second kappa shape index (κ2) is 6.38. The molecule has 0 aliphatic heterocycles. The third-order valence-electron chi connectivity index (χ3n) is 3.87. The summed E-state index contributed by atoms with van der Waals surface area (Å²) in [6, 6.07) is 9.84. The van der Waals surface area contributed by atoms with Crippen molar-refractivity contribution in [3.05, 3.63) is 69.3 Å². The molecule has 0 radical (unpaired) electrons. The van der Waals surface area contributed by atoms with E-state index < -0.39 is 0 Å². The van der Waals surface area contributed by atoms with Crippen LogP contribution in [0.1, 0.15) is 32.2 Å². The zero-order chi connectivity index (χ0) is 16.4. The van der Waals surface area contributed by atoms with Gasteiger partial charge in [-0.3, -0.25) is 4.79 Å². The number of nitrogens with zero attached hydrogens (tertiary/aromatic N) is 2. The number of carbonyl (C=O) groups excluding carboxylic acids is 1. The van der Waals surface area contributed by atoms with Gasteiger partial charge in [0.05, 0.1) is 12.1 Å². The lowest BCUT2D eigenvalue weighted by atomic mass is 10.2. The van der Waals surface area contributed by atoms with Crippen molar-refractivity contribution in [1.82, 2.24) is 9.55 Å². The number of hydrogen-bond acceptors (Lipinski definition) is 3. The van der Waals surface area contributed by atoms with Crippen LogP contribution in [0.15, 0.2) is 41.9 Å². The number of nitrogens with one attached hydrogen (secondary N) is 1. The molecule has 0 unspecified atom stereocenters. The summed E-state index contributed by atoms with van der Waals surface area (Å²) in [6.07, 6.45) is 1.75. The second-order valence-electron chi connectivity index (χ2n) is 5.63. The molecule has 0 saturated heterocycles. The molecule has 0 bridgehead atoms. The van der Waals surface area contributed by atoms with Gasteiger partial charge in [0.25, 0.3) is 5.91 Å². The Kier molecular flexibility index (Phi) is 4.30. The average molecular weight is 325 g/mol. The van der Waals surface area contributed by atoms with Crippen molar-refractivity contribution >= 4 is 23.1 Å². The van der Waals surface area contributed by atoms with Gasteiger partial charge in [0.2, 0.25) is 0 Å². The molecule has 0 saturated carbocycles. The number of thiophene rings is 1. The fourth-order valence-corrected chi connectivity index (χ4v) is 3.25. The van der Waals surface area contributed by atoms with E-state index in [-0.39, 0.29) is 5.91 Å². The van der Waals surface area contributed by atoms with Crippen LogP contribution in [0.2, 0.25) is 0 Å². The number of aromatic nitrogens is 2. The first-order valence-electron chi connectivity index (χ1n) is 7.47. The largest absolute Gasteiger partial charge is 0.343 e. The molecule has 4 nitrogen and oxygen atoms in total. The lowest BCUT2D eigenvalue weighted by molar-refractivity contribution is 0.102. The minimum absolute atomic E-state index is 0.119. The summed E-state index contributed by atoms with van der Waals surface area (Å²) in [7, 11) is 0. The van der Waals surface area contributed by atoms with Crippen LogP contribution in [-0.4, -0.2) is 15.5 Å². The molecular formula is C18H19N3OS. The summed E-state index contributed by atoms with van der Waals surface area (Å²) in [5, 5.41) is 4.93. The van der Waals surface area contributed by atoms with E-state index in [0.717, 1.165) is 23.5 Å². The SMILES string of the molecule is Cc1ccc(NC(=O)c2cc(C)n(Cc3cccs3)c2C)nc1. The number of aryl methyl sites for hydroxylation is 2. The number of carbonyl (C=O) groups is 1. The van der Waals surface area contributed by atoms with E-state index in [4.69, 9.17) is 0 Å². The molecule has 0 fully saturated rings. The molecule has 23 heavy (non-hydrogen) atoms. The van der Waals surface area contributed by atoms with Crippen molar-refractivity contribution in [2.24, 2.45) is 0 Å². The Morgan fingerprint density at radius 1 is 1.26 bits per heavy atom. The zero-order valence-corrected chi connectivity index (χ0v) is 14.3. The van der Waals surface area contributed by atoms with E-state index in [9.17, 15) is 4.79 Å². The molecule has 3 rings (SSSR count). The maximum Gasteiger partial charge on any atom is 0.258 e. The predicted molar refractivity (Wildman–Crippen MR) is 94.3 cm³/mol. The highest BCUT2D eigenvalue weighted by molar-refractivity contribution is 7.09. The average Bonchev–Trinajstić information content (AvgIpc) is 3.13. The third-order valence-corrected chi connectivity index (χ3v) is 4.73. The van der Waals surface area contributed by atoms with E-state index in [0.29, 0.717) is 11.4 Å². The van der Waals surface area contributed by atoms with Crippen molar-refractivity contribution in [3.63, 3.8) is 0 Å². The van der Waals surface area contributed by atoms with Crippen LogP contribution in [-0.2, 0) is 6.54 Å². The highest BCUT2D eigenvalue weighted by atomic mass is 32.1. The number of rotatable bonds is 4. The minimum Gasteiger partial charge on any atom is -0.343 e. The van der Waals surface area contributed by atoms with Crippen LogP contribution >= 0.6 is 11.3 Å². The Labute approximate surface area is 139 Å². The van der Waals surface area contributed by atoms with Gasteiger partial charge in [-0.05, 0) is 49.9 Å². The molecule has 3 heterocycles. The maximum absolute atomic E-state index is 12.5. The van der Waals surface area contributed by atoms with Gasteiger partial charge in [-0.15, -0.1) is 11.3 Å². The van der Waals surface area contributed by atoms with E-state index >= 15 is 0 Å². The summed E-state index contributed by atoms with van der Waals surface area (Å²) in [5.41, 5.74) is 3.82. The van der Waals surface area contributed by atoms with Crippen LogP contribution in [0.4, 0.5) is 5.82 Å². The Morgan fingerprint density at radius 2 is 2.09 bits per heavy atom. The highest BCUT2D eigenvalue weighted by Crippen LogP contribution is 2.20. The summed E-state index contributed by atoms with van der Waals surface area (Å²) in [6.45, 7) is 6.78. The molecule has 5 heteroatoms. The van der Waals surface area contributed by atoms with E-state index in [1.807, 2.05) is 45.0 Å². The van der Waals surface area contributed by atoms with Gasteiger partial charge >= 0.3 is 0 Å². The van der Waals surface area contributed by atoms with Crippen molar-refractivity contribution in [2.45, 2.75) is 27.3 Å². The number of anilines is 1. The molecule has 0 aliphatic rings. The Morgan fingerprint density at radius 3 is 2.74 bits per heavy atom. The second-order valence-corrected chi connectivity index (χ2v) is 6.66. The standard InChI is InChI=1S/C18H19N3OS/c1-12-6-7-17(19-10-12)20-18(22)16-9-13(2)21(14(16)3)11-15-5-4-8-23-15/h4-10H,11H2,1-3H3,(H,19,20,22). The summed E-state index contributed by atoms with van der Waals surface area (Å²) < 4.78 is 2.17. The molecule has 1 amide bonds. The van der Waals surface area contributed by atoms with Gasteiger partial charge in [0.1, 0.15) is 5.82 Å². The van der Waals surface area contributed by atoms with E-state index in [2.05, 4.69) is 26.3 Å². The molecule has 3 aromatic heterocycles. The van der Waals surface area contributed by atoms with E-state index in [1.165, 1.54) is 4.88 Å². The Hall–Kier alpha value is -2.40. The predicted octanol–water partition coefficient (Wildman–Crippen LogP) is 4.17. The van der Waals surface area contributed by atoms with Gasteiger partial charge < -0.3 is 9.88 Å². The molecule has 0 spiro atoms. The first-order valence-corrected chi connectivity index (χ1v) is 8.35. The van der Waals surface area contributed by atoms with E-state index in [1.54, 1.807) is 17.5 Å². The molecular weight excluding hydrogens is 306 g/mol. The van der Waals surface area contributed by atoms with Crippen LogP contribution in [0.3, 0.4) is 0 Å². The molecule has 3 aromatic rings. The summed E-state index contributed by atoms with van der Waals surface area (Å²) >= 11 is 1.73. The molecule has 0 aliphatic carbocycles. The van der Waals surface area contributed by atoms with Gasteiger partial charge in [-0.1, -0.05) is 12.1 Å². The third kappa shape index (κ3) is 3.35. The monoisotopic (exact) mass is 325 g/mol. The lowest BCUT2D eigenvalue weighted by Gasteiger charge is -2.09. The van der Waals surface area contributed by atoms with Crippen molar-refractivity contribution in [2.75, 3.05) is 5.32 Å². The quantitative estimate of drug-likeness (QED) is 0.782. The van der Waals surface area contributed by atoms with Gasteiger partial charge in [0.15, 0.2) is 0 Å². The maximum atomic E-state index is 12.5. The zero-order valence-electron chi connectivity index (χ0n) is 13.5. The lowest BCUT2D eigenvalue weighted by Crippen LogP contribution is -2.14. The number of amides is 1. The van der Waals surface area contributed by atoms with Crippen LogP contribution < -0.4 is 5.32 Å². The highest BCUT2D eigenvalue weighted by Gasteiger charge is 2.16. The Balaban J connectivity index is 1.82. The molecule has 0 aromatic carbocycles. The van der Waals surface area contributed by atoms with Crippen LogP contribution in [0.25, 0.3) is 0 Å². The molecule has 0 atom stereocenters. The Bertz CT molecular complexity index is 817. The normalized spacial score (nSPS) is 10.7. The molecule has 118 valence electrons. The van der Waals surface area contributed by atoms with Crippen molar-refractivity contribution < 1.29 is 4.79 Å². The van der Waals surface area contributed by atoms with Crippen molar-refractivity contribution in [1.29, 1.82) is 0 Å². The number of hydrogen-bond donors (Lipinski definition) is 1. The fourth-order valence-electron chi connectivity index (χ4n) is 2.56. The number of pyridine rings is 1. The fraction of sp³-hybridized carbons (Fsp3) is 0.222. The summed E-state index contributed by atoms with van der Waals surface area (Å²) in [4.78, 5) is 18.0. The van der Waals surface area contributed by atoms with Gasteiger partial charge in [0, 0.05) is 22.5 Å². The smallest absolute Gasteiger partial charge is 0.258 e. The van der Waals surface area contributed by atoms with Crippen LogP contribution in [0.5, 0.6) is 0 Å².